The second-order valence-electron chi connectivity index (χ2n) is 7.58. The van der Waals surface area contributed by atoms with E-state index < -0.39 is 23.5 Å². The molecule has 1 aliphatic heterocycles. The van der Waals surface area contributed by atoms with Crippen LogP contribution in [0, 0.1) is 11.6 Å². The first-order chi connectivity index (χ1) is 15.1. The number of anilines is 1. The summed E-state index contributed by atoms with van der Waals surface area (Å²) in [5.41, 5.74) is 2.22. The van der Waals surface area contributed by atoms with Crippen molar-refractivity contribution in [2.75, 3.05) is 5.32 Å². The molecule has 2 atom stereocenters. The third-order valence-electron chi connectivity index (χ3n) is 5.79. The van der Waals surface area contributed by atoms with Gasteiger partial charge in [-0.1, -0.05) is 30.3 Å². The lowest BCUT2D eigenvalue weighted by Gasteiger charge is -2.34. The smallest absolute Gasteiger partial charge is 0.272 e. The number of hydrogen-bond donors (Lipinski definition) is 2. The zero-order valence-corrected chi connectivity index (χ0v) is 16.0. The molecule has 0 spiro atoms. The Bertz CT molecular complexity index is 1520. The summed E-state index contributed by atoms with van der Waals surface area (Å²) < 4.78 is 29.8. The number of aromatic amines is 1. The first-order valence-electron chi connectivity index (χ1n) is 9.76. The van der Waals surface area contributed by atoms with Gasteiger partial charge in [-0.3, -0.25) is 9.48 Å². The molecule has 0 fully saturated rings. The zero-order chi connectivity index (χ0) is 21.1. The second kappa shape index (κ2) is 6.46. The highest BCUT2D eigenvalue weighted by atomic mass is 19.1. The Kier molecular flexibility index (Phi) is 3.70. The Hall–Kier alpha value is -4.07. The van der Waals surface area contributed by atoms with Crippen molar-refractivity contribution in [3.8, 4) is 0 Å². The number of para-hydroxylation sites is 1. The van der Waals surface area contributed by atoms with E-state index in [0.29, 0.717) is 16.8 Å². The van der Waals surface area contributed by atoms with Gasteiger partial charge in [0.05, 0.1) is 28.8 Å². The molecule has 2 unspecified atom stereocenters. The summed E-state index contributed by atoms with van der Waals surface area (Å²) in [5.74, 6) is -0.879. The minimum Gasteiger partial charge on any atom is -0.375 e. The molecule has 2 N–H and O–H groups in total. The van der Waals surface area contributed by atoms with Gasteiger partial charge in [0.1, 0.15) is 17.7 Å². The van der Waals surface area contributed by atoms with Gasteiger partial charge >= 0.3 is 0 Å². The monoisotopic (exact) mass is 415 g/mol. The SMILES string of the molecule is O=c1[nH]nc2c3c(cc(F)cc13)NC(c1ccc(F)cc1)C2n1ncc2ccccc21. The van der Waals surface area contributed by atoms with Crippen LogP contribution in [0.3, 0.4) is 0 Å². The van der Waals surface area contributed by atoms with Crippen LogP contribution in [-0.2, 0) is 0 Å². The molecule has 0 saturated heterocycles. The summed E-state index contributed by atoms with van der Waals surface area (Å²) >= 11 is 0. The molecular weight excluding hydrogens is 400 g/mol. The van der Waals surface area contributed by atoms with Crippen molar-refractivity contribution < 1.29 is 8.78 Å². The molecule has 2 aromatic heterocycles. The van der Waals surface area contributed by atoms with E-state index in [1.807, 2.05) is 28.9 Å². The lowest BCUT2D eigenvalue weighted by Crippen LogP contribution is -2.32. The van der Waals surface area contributed by atoms with Gasteiger partial charge in [0, 0.05) is 16.5 Å². The van der Waals surface area contributed by atoms with Gasteiger partial charge in [0.15, 0.2) is 0 Å². The molecule has 3 aromatic carbocycles. The number of nitrogens with one attached hydrogen (secondary N) is 2. The molecule has 0 aliphatic carbocycles. The average molecular weight is 415 g/mol. The zero-order valence-electron chi connectivity index (χ0n) is 16.0. The number of fused-ring (bicyclic) bond motifs is 1. The van der Waals surface area contributed by atoms with E-state index in [0.717, 1.165) is 16.5 Å². The molecule has 3 heterocycles. The number of H-pyrrole nitrogens is 1. The largest absolute Gasteiger partial charge is 0.375 e. The predicted molar refractivity (Wildman–Crippen MR) is 113 cm³/mol. The maximum absolute atomic E-state index is 14.3. The fraction of sp³-hybridized carbons (Fsp3) is 0.0870. The quantitative estimate of drug-likeness (QED) is 0.451. The van der Waals surface area contributed by atoms with Crippen LogP contribution in [0.2, 0.25) is 0 Å². The predicted octanol–water partition coefficient (Wildman–Crippen LogP) is 4.31. The lowest BCUT2D eigenvalue weighted by molar-refractivity contribution is 0.459. The molecule has 1 aliphatic rings. The molecule has 5 aromatic rings. The van der Waals surface area contributed by atoms with Crippen LogP contribution in [0.1, 0.15) is 23.3 Å². The highest BCUT2D eigenvalue weighted by Gasteiger charge is 2.36. The van der Waals surface area contributed by atoms with Crippen LogP contribution in [0.5, 0.6) is 0 Å². The second-order valence-corrected chi connectivity index (χ2v) is 7.58. The molecular formula is C23H15F2N5O. The van der Waals surface area contributed by atoms with E-state index >= 15 is 0 Å². The topological polar surface area (TPSA) is 75.6 Å². The molecule has 8 heteroatoms. The Morgan fingerprint density at radius 3 is 2.61 bits per heavy atom. The standard InChI is InChI=1S/C23H15F2N5O/c24-14-7-5-12(6-8-14)20-22(30-18-4-2-1-3-13(18)11-26-30)21-19-16(23(31)29-28-21)9-15(25)10-17(19)27-20/h1-11,20,22,27H,(H,29,31). The third kappa shape index (κ3) is 2.64. The summed E-state index contributed by atoms with van der Waals surface area (Å²) in [6, 6.07) is 15.5. The van der Waals surface area contributed by atoms with Crippen molar-refractivity contribution in [3.05, 3.63) is 100 Å². The summed E-state index contributed by atoms with van der Waals surface area (Å²) in [4.78, 5) is 12.4. The molecule has 6 nitrogen and oxygen atoms in total. The van der Waals surface area contributed by atoms with Crippen molar-refractivity contribution in [3.63, 3.8) is 0 Å². The van der Waals surface area contributed by atoms with Crippen molar-refractivity contribution in [1.82, 2.24) is 20.0 Å². The summed E-state index contributed by atoms with van der Waals surface area (Å²) in [7, 11) is 0. The molecule has 6 rings (SSSR count). The van der Waals surface area contributed by atoms with Gasteiger partial charge in [-0.05, 0) is 35.9 Å². The molecule has 31 heavy (non-hydrogen) atoms. The minimum atomic E-state index is -0.529. The number of halogens is 2. The highest BCUT2D eigenvalue weighted by molar-refractivity contribution is 5.97. The van der Waals surface area contributed by atoms with E-state index in [2.05, 4.69) is 20.6 Å². The Morgan fingerprint density at radius 1 is 0.968 bits per heavy atom. The average Bonchev–Trinajstić information content (AvgIpc) is 3.20. The fourth-order valence-corrected chi connectivity index (χ4v) is 4.43. The molecule has 152 valence electrons. The van der Waals surface area contributed by atoms with Crippen LogP contribution in [0.4, 0.5) is 14.5 Å². The maximum atomic E-state index is 14.3. The Morgan fingerprint density at radius 2 is 1.77 bits per heavy atom. The van der Waals surface area contributed by atoms with Crippen molar-refractivity contribution in [2.24, 2.45) is 0 Å². The summed E-state index contributed by atoms with van der Waals surface area (Å²) in [6.45, 7) is 0. The number of hydrogen-bond acceptors (Lipinski definition) is 4. The summed E-state index contributed by atoms with van der Waals surface area (Å²) in [5, 5.41) is 16.5. The van der Waals surface area contributed by atoms with Crippen molar-refractivity contribution in [2.45, 2.75) is 12.1 Å². The van der Waals surface area contributed by atoms with E-state index in [1.54, 1.807) is 18.3 Å². The minimum absolute atomic E-state index is 0.214. The van der Waals surface area contributed by atoms with Gasteiger partial charge in [0.2, 0.25) is 0 Å². The van der Waals surface area contributed by atoms with E-state index in [4.69, 9.17) is 0 Å². The number of rotatable bonds is 2. The van der Waals surface area contributed by atoms with Gasteiger partial charge in [0.25, 0.3) is 5.56 Å². The lowest BCUT2D eigenvalue weighted by atomic mass is 9.89. The van der Waals surface area contributed by atoms with Gasteiger partial charge in [-0.2, -0.15) is 10.2 Å². The highest BCUT2D eigenvalue weighted by Crippen LogP contribution is 2.44. The van der Waals surface area contributed by atoms with Crippen molar-refractivity contribution in [1.29, 1.82) is 0 Å². The number of nitrogens with zero attached hydrogens (tertiary/aromatic N) is 3. The molecule has 0 amide bonds. The first kappa shape index (κ1) is 17.8. The maximum Gasteiger partial charge on any atom is 0.272 e. The van der Waals surface area contributed by atoms with Crippen molar-refractivity contribution >= 4 is 27.4 Å². The third-order valence-corrected chi connectivity index (χ3v) is 5.79. The number of benzene rings is 3. The normalized spacial score (nSPS) is 17.7. The van der Waals surface area contributed by atoms with Crippen LogP contribution in [0.15, 0.2) is 71.7 Å². The van der Waals surface area contributed by atoms with Gasteiger partial charge in [-0.15, -0.1) is 0 Å². The number of aromatic nitrogens is 4. The van der Waals surface area contributed by atoms with Crippen LogP contribution in [0.25, 0.3) is 21.7 Å². The van der Waals surface area contributed by atoms with E-state index in [9.17, 15) is 13.6 Å². The molecule has 0 saturated carbocycles. The fourth-order valence-electron chi connectivity index (χ4n) is 4.43. The first-order valence-corrected chi connectivity index (χ1v) is 9.76. The van der Waals surface area contributed by atoms with Crippen LogP contribution in [-0.4, -0.2) is 20.0 Å². The van der Waals surface area contributed by atoms with Gasteiger partial charge in [-0.25, -0.2) is 13.9 Å². The van der Waals surface area contributed by atoms with E-state index in [-0.39, 0.29) is 11.2 Å². The van der Waals surface area contributed by atoms with Gasteiger partial charge < -0.3 is 5.32 Å². The Balaban J connectivity index is 1.68. The van der Waals surface area contributed by atoms with Crippen LogP contribution < -0.4 is 10.9 Å². The Labute approximate surface area is 174 Å². The van der Waals surface area contributed by atoms with Crippen LogP contribution >= 0.6 is 0 Å². The molecule has 0 bridgehead atoms. The van der Waals surface area contributed by atoms with E-state index in [1.165, 1.54) is 24.3 Å². The summed E-state index contributed by atoms with van der Waals surface area (Å²) in [6.07, 6.45) is 1.76. The molecule has 0 radical (unpaired) electrons.